The van der Waals surface area contributed by atoms with Gasteiger partial charge in [-0.2, -0.15) is 0 Å². The summed E-state index contributed by atoms with van der Waals surface area (Å²) in [5, 5.41) is 10.7. The Hall–Kier alpha value is -2.14. The van der Waals surface area contributed by atoms with E-state index in [9.17, 15) is 9.59 Å². The SMILES string of the molecule is CN(CC(=O)O)C(=O)c1nccc2cc(Cl)ccc12. The van der Waals surface area contributed by atoms with Crippen LogP contribution in [0.1, 0.15) is 10.5 Å². The van der Waals surface area contributed by atoms with Gasteiger partial charge in [0.05, 0.1) is 0 Å². The minimum atomic E-state index is -1.07. The molecule has 0 unspecified atom stereocenters. The molecular formula is C13H11ClN2O3. The molecular weight excluding hydrogens is 268 g/mol. The van der Waals surface area contributed by atoms with Crippen LogP contribution in [-0.4, -0.2) is 40.5 Å². The number of benzene rings is 1. The van der Waals surface area contributed by atoms with Gasteiger partial charge in [-0.1, -0.05) is 17.7 Å². The van der Waals surface area contributed by atoms with Crippen molar-refractivity contribution >= 4 is 34.2 Å². The van der Waals surface area contributed by atoms with Crippen LogP contribution in [-0.2, 0) is 4.79 Å². The van der Waals surface area contributed by atoms with E-state index < -0.39 is 11.9 Å². The molecule has 0 radical (unpaired) electrons. The Bertz CT molecular complexity index is 657. The molecule has 0 atom stereocenters. The number of carboxylic acid groups (broad SMARTS) is 1. The van der Waals surface area contributed by atoms with Gasteiger partial charge >= 0.3 is 5.97 Å². The van der Waals surface area contributed by atoms with Crippen LogP contribution in [0, 0.1) is 0 Å². The van der Waals surface area contributed by atoms with E-state index in [1.165, 1.54) is 13.2 Å². The highest BCUT2D eigenvalue weighted by Crippen LogP contribution is 2.21. The number of nitrogens with zero attached hydrogens (tertiary/aromatic N) is 2. The largest absolute Gasteiger partial charge is 0.480 e. The van der Waals surface area contributed by atoms with Crippen LogP contribution in [0.15, 0.2) is 30.5 Å². The quantitative estimate of drug-likeness (QED) is 0.933. The number of hydrogen-bond acceptors (Lipinski definition) is 3. The van der Waals surface area contributed by atoms with E-state index in [-0.39, 0.29) is 12.2 Å². The smallest absolute Gasteiger partial charge is 0.323 e. The minimum Gasteiger partial charge on any atom is -0.480 e. The second-order valence-electron chi connectivity index (χ2n) is 4.08. The Labute approximate surface area is 114 Å². The van der Waals surface area contributed by atoms with Crippen molar-refractivity contribution in [3.8, 4) is 0 Å². The van der Waals surface area contributed by atoms with Crippen molar-refractivity contribution in [1.29, 1.82) is 0 Å². The zero-order valence-corrected chi connectivity index (χ0v) is 10.9. The first-order chi connectivity index (χ1) is 8.99. The zero-order valence-electron chi connectivity index (χ0n) is 10.1. The maximum atomic E-state index is 12.1. The molecule has 0 saturated carbocycles. The summed E-state index contributed by atoms with van der Waals surface area (Å²) >= 11 is 5.89. The van der Waals surface area contributed by atoms with Crippen molar-refractivity contribution in [1.82, 2.24) is 9.88 Å². The second kappa shape index (κ2) is 5.24. The molecule has 1 amide bonds. The Kier molecular flexibility index (Phi) is 3.66. The first-order valence-corrected chi connectivity index (χ1v) is 5.88. The van der Waals surface area contributed by atoms with Gasteiger partial charge in [-0.05, 0) is 23.6 Å². The highest BCUT2D eigenvalue weighted by molar-refractivity contribution is 6.31. The van der Waals surface area contributed by atoms with Crippen LogP contribution in [0.3, 0.4) is 0 Å². The summed E-state index contributed by atoms with van der Waals surface area (Å²) in [5.41, 5.74) is 0.220. The summed E-state index contributed by atoms with van der Waals surface area (Å²) in [4.78, 5) is 27.9. The predicted octanol–water partition coefficient (Wildman–Crippen LogP) is 2.04. The van der Waals surface area contributed by atoms with E-state index in [1.54, 1.807) is 24.3 Å². The van der Waals surface area contributed by atoms with Crippen LogP contribution < -0.4 is 0 Å². The van der Waals surface area contributed by atoms with Crippen molar-refractivity contribution < 1.29 is 14.7 Å². The molecule has 98 valence electrons. The number of pyridine rings is 1. The fraction of sp³-hybridized carbons (Fsp3) is 0.154. The van der Waals surface area contributed by atoms with Crippen LogP contribution in [0.25, 0.3) is 10.8 Å². The van der Waals surface area contributed by atoms with Gasteiger partial charge in [0.2, 0.25) is 0 Å². The molecule has 2 aromatic rings. The van der Waals surface area contributed by atoms with Crippen LogP contribution >= 0.6 is 11.6 Å². The number of carboxylic acids is 1. The first-order valence-electron chi connectivity index (χ1n) is 5.50. The number of hydrogen-bond donors (Lipinski definition) is 1. The van der Waals surface area contributed by atoms with Gasteiger partial charge in [-0.25, -0.2) is 0 Å². The molecule has 0 aliphatic rings. The molecule has 1 N–H and O–H groups in total. The van der Waals surface area contributed by atoms with Gasteiger partial charge in [-0.15, -0.1) is 0 Å². The lowest BCUT2D eigenvalue weighted by Crippen LogP contribution is -2.32. The van der Waals surface area contributed by atoms with Crippen LogP contribution in [0.5, 0.6) is 0 Å². The third-order valence-corrected chi connectivity index (χ3v) is 2.88. The maximum absolute atomic E-state index is 12.1. The number of likely N-dealkylation sites (N-methyl/N-ethyl adjacent to an activating group) is 1. The number of fused-ring (bicyclic) bond motifs is 1. The molecule has 0 bridgehead atoms. The normalized spacial score (nSPS) is 10.4. The van der Waals surface area contributed by atoms with E-state index in [2.05, 4.69) is 4.98 Å². The van der Waals surface area contributed by atoms with Crippen LogP contribution in [0.2, 0.25) is 5.02 Å². The van der Waals surface area contributed by atoms with E-state index in [1.807, 2.05) is 0 Å². The molecule has 2 rings (SSSR count). The van der Waals surface area contributed by atoms with E-state index in [0.29, 0.717) is 10.4 Å². The summed E-state index contributed by atoms with van der Waals surface area (Å²) < 4.78 is 0. The Morgan fingerprint density at radius 1 is 1.37 bits per heavy atom. The number of aliphatic carboxylic acids is 1. The molecule has 0 fully saturated rings. The van der Waals surface area contributed by atoms with Crippen molar-refractivity contribution in [2.75, 3.05) is 13.6 Å². The van der Waals surface area contributed by atoms with Gasteiger partial charge < -0.3 is 10.0 Å². The fourth-order valence-electron chi connectivity index (χ4n) is 1.77. The van der Waals surface area contributed by atoms with Crippen molar-refractivity contribution in [2.45, 2.75) is 0 Å². The molecule has 1 heterocycles. The Morgan fingerprint density at radius 2 is 2.11 bits per heavy atom. The lowest BCUT2D eigenvalue weighted by molar-refractivity contribution is -0.137. The van der Waals surface area contributed by atoms with Crippen molar-refractivity contribution in [2.24, 2.45) is 0 Å². The van der Waals surface area contributed by atoms with Gasteiger partial charge in [-0.3, -0.25) is 14.6 Å². The third-order valence-electron chi connectivity index (χ3n) is 2.65. The Balaban J connectivity index is 2.45. The van der Waals surface area contributed by atoms with Gasteiger partial charge in [0.25, 0.3) is 5.91 Å². The average molecular weight is 279 g/mol. The second-order valence-corrected chi connectivity index (χ2v) is 4.52. The highest BCUT2D eigenvalue weighted by Gasteiger charge is 2.18. The van der Waals surface area contributed by atoms with Crippen LogP contribution in [0.4, 0.5) is 0 Å². The highest BCUT2D eigenvalue weighted by atomic mass is 35.5. The molecule has 0 aliphatic heterocycles. The fourth-order valence-corrected chi connectivity index (χ4v) is 1.96. The van der Waals surface area contributed by atoms with E-state index >= 15 is 0 Å². The number of amides is 1. The van der Waals surface area contributed by atoms with E-state index in [0.717, 1.165) is 10.3 Å². The molecule has 0 saturated heterocycles. The average Bonchev–Trinajstić information content (AvgIpc) is 2.36. The maximum Gasteiger partial charge on any atom is 0.323 e. The molecule has 1 aromatic carbocycles. The molecule has 1 aromatic heterocycles. The molecule has 5 nitrogen and oxygen atoms in total. The topological polar surface area (TPSA) is 70.5 Å². The number of halogens is 1. The van der Waals surface area contributed by atoms with Gasteiger partial charge in [0.15, 0.2) is 0 Å². The molecule has 6 heteroatoms. The number of carbonyl (C=O) groups is 2. The minimum absolute atomic E-state index is 0.220. The summed E-state index contributed by atoms with van der Waals surface area (Å²) in [6.45, 7) is -0.371. The zero-order chi connectivity index (χ0) is 14.0. The van der Waals surface area contributed by atoms with Crippen molar-refractivity contribution in [3.05, 3.63) is 41.2 Å². The Morgan fingerprint density at radius 3 is 2.79 bits per heavy atom. The monoisotopic (exact) mass is 278 g/mol. The summed E-state index contributed by atoms with van der Waals surface area (Å²) in [6.07, 6.45) is 1.50. The lowest BCUT2D eigenvalue weighted by atomic mass is 10.1. The first kappa shape index (κ1) is 13.3. The summed E-state index contributed by atoms with van der Waals surface area (Å²) in [6, 6.07) is 6.84. The number of rotatable bonds is 3. The number of aromatic nitrogens is 1. The third kappa shape index (κ3) is 2.82. The summed E-state index contributed by atoms with van der Waals surface area (Å²) in [5.74, 6) is -1.51. The van der Waals surface area contributed by atoms with Gasteiger partial charge in [0, 0.05) is 23.7 Å². The lowest BCUT2D eigenvalue weighted by Gasteiger charge is -2.15. The molecule has 19 heavy (non-hydrogen) atoms. The predicted molar refractivity (Wildman–Crippen MR) is 71.3 cm³/mol. The van der Waals surface area contributed by atoms with E-state index in [4.69, 9.17) is 16.7 Å². The standard InChI is InChI=1S/C13H11ClN2O3/c1-16(7-11(17)18)13(19)12-10-3-2-9(14)6-8(10)4-5-15-12/h2-6H,7H2,1H3,(H,17,18). The molecule has 0 aliphatic carbocycles. The van der Waals surface area contributed by atoms with Gasteiger partial charge in [0.1, 0.15) is 12.2 Å². The van der Waals surface area contributed by atoms with Crippen molar-refractivity contribution in [3.63, 3.8) is 0 Å². The molecule has 0 spiro atoms. The summed E-state index contributed by atoms with van der Waals surface area (Å²) in [7, 11) is 1.42. The number of carbonyl (C=O) groups excluding carboxylic acids is 1.